The van der Waals surface area contributed by atoms with Gasteiger partial charge in [0, 0.05) is 32.0 Å². The summed E-state index contributed by atoms with van der Waals surface area (Å²) in [4.78, 5) is 17.3. The number of nitrogens with zero attached hydrogens (tertiary/aromatic N) is 3. The summed E-state index contributed by atoms with van der Waals surface area (Å²) < 4.78 is 1.99. The molecule has 2 aromatic rings. The Morgan fingerprint density at radius 3 is 2.52 bits per heavy atom. The van der Waals surface area contributed by atoms with Crippen LogP contribution in [0.15, 0.2) is 54.9 Å². The average Bonchev–Trinajstić information content (AvgIpc) is 3.08. The van der Waals surface area contributed by atoms with Crippen LogP contribution in [0, 0.1) is 0 Å². The van der Waals surface area contributed by atoms with Gasteiger partial charge in [-0.1, -0.05) is 30.3 Å². The number of hydrogen-bond acceptors (Lipinski definition) is 2. The van der Waals surface area contributed by atoms with Gasteiger partial charge in [-0.05, 0) is 57.0 Å². The molecule has 1 fully saturated rings. The fraction of sp³-hybridized carbons (Fsp3) is 0.476. The normalized spacial score (nSPS) is 17.2. The molecule has 2 heterocycles. The molecule has 1 aromatic carbocycles. The molecule has 0 saturated carbocycles. The van der Waals surface area contributed by atoms with Crippen LogP contribution in [0.4, 0.5) is 0 Å². The summed E-state index contributed by atoms with van der Waals surface area (Å²) in [5.41, 5.74) is 1.41. The summed E-state index contributed by atoms with van der Waals surface area (Å²) >= 11 is 0. The molecule has 4 heteroatoms. The first-order chi connectivity index (χ1) is 12.2. The Hall–Kier alpha value is -2.07. The maximum absolute atomic E-state index is 12.7. The number of amides is 1. The van der Waals surface area contributed by atoms with Crippen LogP contribution in [-0.4, -0.2) is 53.0 Å². The predicted molar refractivity (Wildman–Crippen MR) is 102 cm³/mol. The molecule has 1 aromatic heterocycles. The van der Waals surface area contributed by atoms with E-state index in [2.05, 4.69) is 35.2 Å². The Labute approximate surface area is 151 Å². The molecular weight excluding hydrogens is 310 g/mol. The Morgan fingerprint density at radius 1 is 1.00 bits per heavy atom. The van der Waals surface area contributed by atoms with Crippen molar-refractivity contribution in [2.75, 3.05) is 32.7 Å². The third-order valence-electron chi connectivity index (χ3n) is 5.11. The SMILES string of the molecule is C[C@@H](C(=O)N1CCCN(CCCc2ccccc2)CC1)n1cccc1. The van der Waals surface area contributed by atoms with Crippen LogP contribution < -0.4 is 0 Å². The van der Waals surface area contributed by atoms with Gasteiger partial charge in [-0.25, -0.2) is 0 Å². The van der Waals surface area contributed by atoms with Crippen LogP contribution in [0.25, 0.3) is 0 Å². The first-order valence-corrected chi connectivity index (χ1v) is 9.41. The van der Waals surface area contributed by atoms with Crippen LogP contribution in [0.3, 0.4) is 0 Å². The van der Waals surface area contributed by atoms with E-state index in [4.69, 9.17) is 0 Å². The van der Waals surface area contributed by atoms with Gasteiger partial charge in [-0.3, -0.25) is 4.79 Å². The van der Waals surface area contributed by atoms with E-state index >= 15 is 0 Å². The van der Waals surface area contributed by atoms with E-state index in [1.165, 1.54) is 12.0 Å². The van der Waals surface area contributed by atoms with Gasteiger partial charge in [0.2, 0.25) is 5.91 Å². The standard InChI is InChI=1S/C21H29N3O/c1-19(23-14-5-6-15-23)21(25)24-16-8-13-22(17-18-24)12-7-11-20-9-3-2-4-10-20/h2-6,9-10,14-15,19H,7-8,11-13,16-18H2,1H3/t19-/m0/s1. The molecule has 3 rings (SSSR count). The van der Waals surface area contributed by atoms with E-state index in [1.807, 2.05) is 40.9 Å². The van der Waals surface area contributed by atoms with Crippen molar-refractivity contribution in [3.8, 4) is 0 Å². The van der Waals surface area contributed by atoms with Crippen LogP contribution >= 0.6 is 0 Å². The molecule has 0 bridgehead atoms. The van der Waals surface area contributed by atoms with Crippen molar-refractivity contribution in [1.82, 2.24) is 14.4 Å². The lowest BCUT2D eigenvalue weighted by atomic mass is 10.1. The second kappa shape index (κ2) is 8.86. The minimum absolute atomic E-state index is 0.111. The van der Waals surface area contributed by atoms with Crippen LogP contribution in [0.2, 0.25) is 0 Å². The highest BCUT2D eigenvalue weighted by atomic mass is 16.2. The van der Waals surface area contributed by atoms with Gasteiger partial charge in [0.25, 0.3) is 0 Å². The van der Waals surface area contributed by atoms with E-state index < -0.39 is 0 Å². The van der Waals surface area contributed by atoms with E-state index in [9.17, 15) is 4.79 Å². The lowest BCUT2D eigenvalue weighted by Gasteiger charge is -2.25. The Morgan fingerprint density at radius 2 is 1.76 bits per heavy atom. The third kappa shape index (κ3) is 4.95. The monoisotopic (exact) mass is 339 g/mol. The van der Waals surface area contributed by atoms with Crippen molar-refractivity contribution in [3.63, 3.8) is 0 Å². The molecule has 0 N–H and O–H groups in total. The molecule has 1 amide bonds. The first-order valence-electron chi connectivity index (χ1n) is 9.41. The highest BCUT2D eigenvalue weighted by molar-refractivity contribution is 5.80. The Bertz CT molecular complexity index is 638. The smallest absolute Gasteiger partial charge is 0.245 e. The van der Waals surface area contributed by atoms with Gasteiger partial charge in [0.05, 0.1) is 0 Å². The van der Waals surface area contributed by atoms with Gasteiger partial charge in [-0.2, -0.15) is 0 Å². The summed E-state index contributed by atoms with van der Waals surface area (Å²) in [6.07, 6.45) is 7.31. The molecule has 0 unspecified atom stereocenters. The van der Waals surface area contributed by atoms with Crippen molar-refractivity contribution in [2.45, 2.75) is 32.2 Å². The number of aromatic nitrogens is 1. The van der Waals surface area contributed by atoms with E-state index in [0.717, 1.165) is 45.6 Å². The maximum Gasteiger partial charge on any atom is 0.245 e. The molecule has 4 nitrogen and oxygen atoms in total. The second-order valence-electron chi connectivity index (χ2n) is 6.92. The summed E-state index contributed by atoms with van der Waals surface area (Å²) in [5.74, 6) is 0.238. The van der Waals surface area contributed by atoms with Crippen molar-refractivity contribution in [1.29, 1.82) is 0 Å². The lowest BCUT2D eigenvalue weighted by Crippen LogP contribution is -2.39. The quantitative estimate of drug-likeness (QED) is 0.808. The number of rotatable bonds is 6. The fourth-order valence-electron chi connectivity index (χ4n) is 3.56. The van der Waals surface area contributed by atoms with Crippen LogP contribution in [0.1, 0.15) is 31.4 Å². The summed E-state index contributed by atoms with van der Waals surface area (Å²) in [7, 11) is 0. The summed E-state index contributed by atoms with van der Waals surface area (Å²) in [6, 6.07) is 14.5. The van der Waals surface area contributed by atoms with Gasteiger partial charge in [0.15, 0.2) is 0 Å². The highest BCUT2D eigenvalue weighted by Gasteiger charge is 2.23. The molecule has 25 heavy (non-hydrogen) atoms. The Balaban J connectivity index is 1.44. The zero-order valence-corrected chi connectivity index (χ0v) is 15.2. The molecule has 0 radical (unpaired) electrons. The molecule has 1 aliphatic heterocycles. The van der Waals surface area contributed by atoms with Gasteiger partial charge >= 0.3 is 0 Å². The maximum atomic E-state index is 12.7. The van der Waals surface area contributed by atoms with Gasteiger partial charge < -0.3 is 14.4 Å². The molecule has 0 aliphatic carbocycles. The largest absolute Gasteiger partial charge is 0.342 e. The second-order valence-corrected chi connectivity index (χ2v) is 6.92. The molecular formula is C21H29N3O. The van der Waals surface area contributed by atoms with E-state index in [1.54, 1.807) is 0 Å². The highest BCUT2D eigenvalue weighted by Crippen LogP contribution is 2.13. The van der Waals surface area contributed by atoms with Gasteiger partial charge in [0.1, 0.15) is 6.04 Å². The van der Waals surface area contributed by atoms with Crippen molar-refractivity contribution in [2.24, 2.45) is 0 Å². The van der Waals surface area contributed by atoms with Gasteiger partial charge in [-0.15, -0.1) is 0 Å². The molecule has 134 valence electrons. The number of hydrogen-bond donors (Lipinski definition) is 0. The number of carbonyl (C=O) groups is 1. The number of carbonyl (C=O) groups excluding carboxylic acids is 1. The number of benzene rings is 1. The molecule has 0 spiro atoms. The fourth-order valence-corrected chi connectivity index (χ4v) is 3.56. The summed E-state index contributed by atoms with van der Waals surface area (Å²) in [6.45, 7) is 6.90. The Kier molecular flexibility index (Phi) is 6.29. The zero-order chi connectivity index (χ0) is 17.5. The zero-order valence-electron chi connectivity index (χ0n) is 15.2. The van der Waals surface area contributed by atoms with Crippen molar-refractivity contribution < 1.29 is 4.79 Å². The third-order valence-corrected chi connectivity index (χ3v) is 5.11. The molecule has 1 atom stereocenters. The van der Waals surface area contributed by atoms with Crippen LogP contribution in [0.5, 0.6) is 0 Å². The first kappa shape index (κ1) is 17.7. The molecule has 1 aliphatic rings. The molecule has 1 saturated heterocycles. The van der Waals surface area contributed by atoms with Crippen LogP contribution in [-0.2, 0) is 11.2 Å². The number of aryl methyl sites for hydroxylation is 1. The van der Waals surface area contributed by atoms with E-state index in [-0.39, 0.29) is 11.9 Å². The van der Waals surface area contributed by atoms with E-state index in [0.29, 0.717) is 0 Å². The van der Waals surface area contributed by atoms with Crippen molar-refractivity contribution in [3.05, 3.63) is 60.4 Å². The summed E-state index contributed by atoms with van der Waals surface area (Å²) in [5, 5.41) is 0. The minimum Gasteiger partial charge on any atom is -0.342 e. The van der Waals surface area contributed by atoms with Crippen molar-refractivity contribution >= 4 is 5.91 Å². The topological polar surface area (TPSA) is 28.5 Å². The average molecular weight is 339 g/mol. The minimum atomic E-state index is -0.111. The predicted octanol–water partition coefficient (Wildman–Crippen LogP) is 3.22. The lowest BCUT2D eigenvalue weighted by molar-refractivity contribution is -0.134.